The maximum absolute atomic E-state index is 9.45. The lowest BCUT2D eigenvalue weighted by Crippen LogP contribution is -2.48. The third kappa shape index (κ3) is 2.67. The van der Waals surface area contributed by atoms with Crippen LogP contribution in [0.5, 0.6) is 0 Å². The summed E-state index contributed by atoms with van der Waals surface area (Å²) in [6.07, 6.45) is 7.17. The van der Waals surface area contributed by atoms with Crippen LogP contribution in [0.25, 0.3) is 0 Å². The number of nitrogens with zero attached hydrogens (tertiary/aromatic N) is 1. The molecule has 1 saturated heterocycles. The predicted octanol–water partition coefficient (Wildman–Crippen LogP) is 1.74. The molecule has 3 heteroatoms. The second-order valence-electron chi connectivity index (χ2n) is 6.67. The van der Waals surface area contributed by atoms with Crippen molar-refractivity contribution in [1.82, 2.24) is 4.90 Å². The lowest BCUT2D eigenvalue weighted by molar-refractivity contribution is 0.124. The molecule has 0 aromatic heterocycles. The maximum atomic E-state index is 9.45. The molecular weight excluding hydrogens is 212 g/mol. The zero-order chi connectivity index (χ0) is 12.5. The van der Waals surface area contributed by atoms with Crippen molar-refractivity contribution in [2.45, 2.75) is 63.5 Å². The molecule has 0 aromatic rings. The Labute approximate surface area is 105 Å². The molecule has 1 saturated carbocycles. The molecule has 0 spiro atoms. The van der Waals surface area contributed by atoms with Gasteiger partial charge in [-0.05, 0) is 65.0 Å². The summed E-state index contributed by atoms with van der Waals surface area (Å²) in [5, 5.41) is 9.45. The van der Waals surface area contributed by atoms with Crippen LogP contribution in [0.2, 0.25) is 0 Å². The van der Waals surface area contributed by atoms with Gasteiger partial charge in [0.25, 0.3) is 0 Å². The van der Waals surface area contributed by atoms with E-state index in [9.17, 15) is 5.11 Å². The Balaban J connectivity index is 1.86. The minimum atomic E-state index is -0.288. The van der Waals surface area contributed by atoms with Gasteiger partial charge in [-0.3, -0.25) is 4.90 Å². The first kappa shape index (κ1) is 13.3. The minimum absolute atomic E-state index is 0.154. The summed E-state index contributed by atoms with van der Waals surface area (Å²) in [7, 11) is 0. The molecule has 0 aromatic carbocycles. The van der Waals surface area contributed by atoms with Crippen molar-refractivity contribution >= 4 is 0 Å². The van der Waals surface area contributed by atoms with E-state index in [-0.39, 0.29) is 12.1 Å². The first-order chi connectivity index (χ1) is 7.98. The van der Waals surface area contributed by atoms with Gasteiger partial charge in [-0.1, -0.05) is 6.42 Å². The normalized spacial score (nSPS) is 37.8. The predicted molar refractivity (Wildman–Crippen MR) is 70.8 cm³/mol. The lowest BCUT2D eigenvalue weighted by Gasteiger charge is -2.35. The summed E-state index contributed by atoms with van der Waals surface area (Å²) < 4.78 is 0. The third-order valence-corrected chi connectivity index (χ3v) is 5.12. The molecule has 2 rings (SSSR count). The first-order valence-electron chi connectivity index (χ1n) is 7.13. The highest BCUT2D eigenvalue weighted by Crippen LogP contribution is 2.37. The molecular formula is C14H28N2O. The molecule has 0 radical (unpaired) electrons. The Hall–Kier alpha value is -0.120. The van der Waals surface area contributed by atoms with E-state index in [4.69, 9.17) is 5.73 Å². The van der Waals surface area contributed by atoms with Crippen molar-refractivity contribution in [1.29, 1.82) is 0 Å². The standard InChI is InChI=1S/C14H28N2O/c1-13(2)7-4-9-16(13)10-6-12-5-3-8-14(12,15)11-17/h12,17H,3-11,15H2,1-2H3. The van der Waals surface area contributed by atoms with Crippen molar-refractivity contribution in [3.63, 3.8) is 0 Å². The zero-order valence-corrected chi connectivity index (χ0v) is 11.4. The Bertz CT molecular complexity index is 267. The summed E-state index contributed by atoms with van der Waals surface area (Å²) in [6.45, 7) is 7.22. The fraction of sp³-hybridized carbons (Fsp3) is 1.00. The van der Waals surface area contributed by atoms with Crippen molar-refractivity contribution in [3.05, 3.63) is 0 Å². The topological polar surface area (TPSA) is 49.5 Å². The van der Waals surface area contributed by atoms with Crippen LogP contribution in [0.4, 0.5) is 0 Å². The first-order valence-corrected chi connectivity index (χ1v) is 7.13. The van der Waals surface area contributed by atoms with E-state index in [2.05, 4.69) is 18.7 Å². The Morgan fingerprint density at radius 2 is 2.06 bits per heavy atom. The zero-order valence-electron chi connectivity index (χ0n) is 11.4. The van der Waals surface area contributed by atoms with E-state index in [1.807, 2.05) is 0 Å². The largest absolute Gasteiger partial charge is 0.394 e. The summed E-state index contributed by atoms with van der Waals surface area (Å²) in [5.41, 5.74) is 6.37. The summed E-state index contributed by atoms with van der Waals surface area (Å²) in [4.78, 5) is 2.60. The Morgan fingerprint density at radius 1 is 1.29 bits per heavy atom. The lowest BCUT2D eigenvalue weighted by atomic mass is 9.86. The highest BCUT2D eigenvalue weighted by molar-refractivity contribution is 4.97. The molecule has 1 aliphatic carbocycles. The molecule has 2 fully saturated rings. The average Bonchev–Trinajstić information content (AvgIpc) is 2.80. The third-order valence-electron chi connectivity index (χ3n) is 5.12. The van der Waals surface area contributed by atoms with Crippen LogP contribution in [0.15, 0.2) is 0 Å². The second-order valence-corrected chi connectivity index (χ2v) is 6.67. The second kappa shape index (κ2) is 4.87. The van der Waals surface area contributed by atoms with Crippen molar-refractivity contribution in [2.75, 3.05) is 19.7 Å². The number of nitrogens with two attached hydrogens (primary N) is 1. The number of hydrogen-bond donors (Lipinski definition) is 2. The summed E-state index contributed by atoms with van der Waals surface area (Å²) in [6, 6.07) is 0. The van der Waals surface area contributed by atoms with Gasteiger partial charge in [-0.15, -0.1) is 0 Å². The van der Waals surface area contributed by atoms with Gasteiger partial charge in [-0.2, -0.15) is 0 Å². The maximum Gasteiger partial charge on any atom is 0.0613 e. The number of rotatable bonds is 4. The van der Waals surface area contributed by atoms with Crippen LogP contribution >= 0.6 is 0 Å². The van der Waals surface area contributed by atoms with Gasteiger partial charge in [0.15, 0.2) is 0 Å². The molecule has 2 unspecified atom stereocenters. The van der Waals surface area contributed by atoms with Gasteiger partial charge < -0.3 is 10.8 Å². The van der Waals surface area contributed by atoms with Crippen LogP contribution in [0.3, 0.4) is 0 Å². The van der Waals surface area contributed by atoms with E-state index in [0.29, 0.717) is 11.5 Å². The van der Waals surface area contributed by atoms with Gasteiger partial charge in [0.05, 0.1) is 6.61 Å². The van der Waals surface area contributed by atoms with Crippen LogP contribution in [-0.4, -0.2) is 40.8 Å². The van der Waals surface area contributed by atoms with E-state index < -0.39 is 0 Å². The highest BCUT2D eigenvalue weighted by Gasteiger charge is 2.40. The van der Waals surface area contributed by atoms with Crippen LogP contribution in [0.1, 0.15) is 52.4 Å². The summed E-state index contributed by atoms with van der Waals surface area (Å²) in [5.74, 6) is 0.517. The van der Waals surface area contributed by atoms with Gasteiger partial charge in [0.1, 0.15) is 0 Å². The molecule has 1 heterocycles. The molecule has 0 bridgehead atoms. The molecule has 2 aliphatic rings. The molecule has 2 atom stereocenters. The summed E-state index contributed by atoms with van der Waals surface area (Å²) >= 11 is 0. The van der Waals surface area contributed by atoms with Crippen LogP contribution in [0, 0.1) is 5.92 Å². The van der Waals surface area contributed by atoms with Crippen molar-refractivity contribution in [3.8, 4) is 0 Å². The van der Waals surface area contributed by atoms with Gasteiger partial charge >= 0.3 is 0 Å². The smallest absolute Gasteiger partial charge is 0.0613 e. The SMILES string of the molecule is CC1(C)CCCN1CCC1CCCC1(N)CO. The molecule has 1 aliphatic heterocycles. The minimum Gasteiger partial charge on any atom is -0.394 e. The fourth-order valence-electron chi connectivity index (χ4n) is 3.70. The monoisotopic (exact) mass is 240 g/mol. The van der Waals surface area contributed by atoms with E-state index in [1.54, 1.807) is 0 Å². The number of likely N-dealkylation sites (tertiary alicyclic amines) is 1. The van der Waals surface area contributed by atoms with E-state index in [0.717, 1.165) is 19.4 Å². The average molecular weight is 240 g/mol. The molecule has 0 amide bonds. The van der Waals surface area contributed by atoms with Crippen molar-refractivity contribution < 1.29 is 5.11 Å². The van der Waals surface area contributed by atoms with Gasteiger partial charge in [0.2, 0.25) is 0 Å². The quantitative estimate of drug-likeness (QED) is 0.787. The molecule has 100 valence electrons. The molecule has 3 N–H and O–H groups in total. The number of aliphatic hydroxyl groups excluding tert-OH is 1. The fourth-order valence-corrected chi connectivity index (χ4v) is 3.70. The van der Waals surface area contributed by atoms with Gasteiger partial charge in [0, 0.05) is 11.1 Å². The number of hydrogen-bond acceptors (Lipinski definition) is 3. The van der Waals surface area contributed by atoms with Crippen LogP contribution in [-0.2, 0) is 0 Å². The highest BCUT2D eigenvalue weighted by atomic mass is 16.3. The van der Waals surface area contributed by atoms with Gasteiger partial charge in [-0.25, -0.2) is 0 Å². The van der Waals surface area contributed by atoms with Crippen molar-refractivity contribution in [2.24, 2.45) is 11.7 Å². The van der Waals surface area contributed by atoms with E-state index >= 15 is 0 Å². The van der Waals surface area contributed by atoms with Crippen LogP contribution < -0.4 is 5.73 Å². The Morgan fingerprint density at radius 3 is 2.65 bits per heavy atom. The van der Waals surface area contributed by atoms with E-state index in [1.165, 1.54) is 32.2 Å². The molecule has 17 heavy (non-hydrogen) atoms. The Kier molecular flexibility index (Phi) is 3.81. The number of aliphatic hydroxyl groups is 1. The molecule has 3 nitrogen and oxygen atoms in total.